The molecular weight excluding hydrogens is 1110 g/mol. The maximum Gasteiger partial charge on any atom is 0.220 e. The highest BCUT2D eigenvalue weighted by Gasteiger charge is 2.51. The van der Waals surface area contributed by atoms with Crippen LogP contribution in [-0.4, -0.2) is 140 Å². The zero-order chi connectivity index (χ0) is 63.8. The van der Waals surface area contributed by atoms with Crippen molar-refractivity contribution in [3.63, 3.8) is 0 Å². The Bertz CT molecular complexity index is 1890. The Labute approximate surface area is 534 Å². The van der Waals surface area contributed by atoms with E-state index in [4.69, 9.17) is 18.9 Å². The van der Waals surface area contributed by atoms with Crippen LogP contribution in [-0.2, 0) is 23.7 Å². The van der Waals surface area contributed by atoms with Gasteiger partial charge in [0.15, 0.2) is 12.6 Å². The maximum absolute atomic E-state index is 13.3. The van der Waals surface area contributed by atoms with Crippen LogP contribution < -0.4 is 5.32 Å². The van der Waals surface area contributed by atoms with Gasteiger partial charge in [-0.2, -0.15) is 0 Å². The fourth-order valence-corrected chi connectivity index (χ4v) is 10.9. The van der Waals surface area contributed by atoms with Crippen LogP contribution in [0, 0.1) is 0 Å². The van der Waals surface area contributed by atoms with Gasteiger partial charge in [0.25, 0.3) is 0 Å². The van der Waals surface area contributed by atoms with Gasteiger partial charge in [0.2, 0.25) is 5.91 Å². The van der Waals surface area contributed by atoms with Gasteiger partial charge in [0.1, 0.15) is 48.8 Å². The van der Waals surface area contributed by atoms with Gasteiger partial charge in [-0.15, -0.1) is 0 Å². The van der Waals surface area contributed by atoms with Crippen LogP contribution in [0.4, 0.5) is 0 Å². The van der Waals surface area contributed by atoms with Gasteiger partial charge < -0.3 is 65.1 Å². The molecule has 2 aliphatic heterocycles. The molecule has 12 atom stereocenters. The Morgan fingerprint density at radius 1 is 0.420 bits per heavy atom. The summed E-state index contributed by atoms with van der Waals surface area (Å²) in [5, 5.41) is 87.1. The van der Waals surface area contributed by atoms with E-state index >= 15 is 0 Å². The Balaban J connectivity index is 1.55. The molecule has 88 heavy (non-hydrogen) atoms. The number of carbonyl (C=O) groups is 1. The molecule has 14 heteroatoms. The molecule has 14 nitrogen and oxygen atoms in total. The monoisotopic (exact) mass is 1240 g/mol. The van der Waals surface area contributed by atoms with Crippen molar-refractivity contribution < 1.29 is 64.6 Å². The molecule has 0 saturated carbocycles. The average molecular weight is 1240 g/mol. The van der Waals surface area contributed by atoms with E-state index in [1.54, 1.807) is 6.08 Å². The minimum Gasteiger partial charge on any atom is -0.394 e. The lowest BCUT2D eigenvalue weighted by Gasteiger charge is -2.46. The number of amides is 1. The van der Waals surface area contributed by atoms with Crippen molar-refractivity contribution in [2.75, 3.05) is 19.8 Å². The fourth-order valence-electron chi connectivity index (χ4n) is 10.9. The number of hydrogen-bond donors (Lipinski definition) is 9. The van der Waals surface area contributed by atoms with E-state index in [1.165, 1.54) is 141 Å². The first kappa shape index (κ1) is 80.7. The van der Waals surface area contributed by atoms with E-state index in [9.17, 15) is 45.6 Å². The lowest BCUT2D eigenvalue weighted by molar-refractivity contribution is -0.359. The second-order valence-corrected chi connectivity index (χ2v) is 24.3. The van der Waals surface area contributed by atoms with Crippen molar-refractivity contribution in [2.24, 2.45) is 0 Å². The van der Waals surface area contributed by atoms with Gasteiger partial charge in [-0.1, -0.05) is 264 Å². The predicted molar refractivity (Wildman–Crippen MR) is 359 cm³/mol. The third kappa shape index (κ3) is 41.2. The molecule has 0 aliphatic carbocycles. The number of aliphatic hydroxyl groups is 8. The summed E-state index contributed by atoms with van der Waals surface area (Å²) in [7, 11) is 0. The number of aliphatic hydroxyl groups excluding tert-OH is 8. The lowest BCUT2D eigenvalue weighted by atomic mass is 9.97. The summed E-state index contributed by atoms with van der Waals surface area (Å²) in [5.74, 6) is -0.254. The maximum atomic E-state index is 13.3. The standard InChI is InChI=1S/C74H127NO13/c1-3-5-7-9-11-13-15-17-18-19-20-21-22-23-24-25-26-27-28-29-30-31-32-33-34-35-36-37-38-39-40-41-42-43-44-46-48-50-52-54-56-58-66(79)75-62(63(78)57-55-53-51-49-47-45-16-14-12-10-8-6-4-2)61-85-73-71(84)69(82)72(65(60-77)87-73)88-74-70(83)68(81)67(80)64(59-76)86-74/h5,7,11-14,17-18,20-21,23-24,26-27,47,49,55,57,62-65,67-74,76-78,80-84H,3-4,6,8-10,15-16,19,22,25,28-46,48,50-54,56,58-61H2,1-2H3,(H,75,79)/b7-5-,13-11-,14-12+,18-17-,21-20-,24-23-,27-26-,49-47+,57-55+. The molecular formula is C74H127NO13. The van der Waals surface area contributed by atoms with Crippen molar-refractivity contribution in [1.29, 1.82) is 0 Å². The molecule has 0 aromatic rings. The molecule has 2 heterocycles. The molecule has 9 N–H and O–H groups in total. The summed E-state index contributed by atoms with van der Waals surface area (Å²) in [6.07, 6.45) is 66.1. The molecule has 0 spiro atoms. The fraction of sp³-hybridized carbons (Fsp3) is 0.743. The van der Waals surface area contributed by atoms with Crippen LogP contribution >= 0.6 is 0 Å². The van der Waals surface area contributed by atoms with E-state index in [0.717, 1.165) is 83.5 Å². The van der Waals surface area contributed by atoms with Crippen molar-refractivity contribution >= 4 is 5.91 Å². The Morgan fingerprint density at radius 2 is 0.795 bits per heavy atom. The molecule has 506 valence electrons. The summed E-state index contributed by atoms with van der Waals surface area (Å²) < 4.78 is 22.8. The third-order valence-electron chi connectivity index (χ3n) is 16.4. The van der Waals surface area contributed by atoms with Gasteiger partial charge >= 0.3 is 0 Å². The van der Waals surface area contributed by atoms with Crippen LogP contribution in [0.2, 0.25) is 0 Å². The normalized spacial score (nSPS) is 23.8. The first-order chi connectivity index (χ1) is 43.1. The van der Waals surface area contributed by atoms with E-state index in [2.05, 4.69) is 116 Å². The molecule has 2 aliphatic rings. The molecule has 2 rings (SSSR count). The molecule has 0 aromatic carbocycles. The number of rotatable bonds is 56. The molecule has 0 bridgehead atoms. The largest absolute Gasteiger partial charge is 0.394 e. The minimum atomic E-state index is -1.80. The predicted octanol–water partition coefficient (Wildman–Crippen LogP) is 14.3. The van der Waals surface area contributed by atoms with Crippen molar-refractivity contribution in [2.45, 2.75) is 331 Å². The second-order valence-electron chi connectivity index (χ2n) is 24.3. The number of carbonyl (C=O) groups excluding carboxylic acids is 1. The third-order valence-corrected chi connectivity index (χ3v) is 16.4. The van der Waals surface area contributed by atoms with Crippen LogP contribution in [0.15, 0.2) is 109 Å². The van der Waals surface area contributed by atoms with Crippen molar-refractivity contribution in [3.8, 4) is 0 Å². The highest BCUT2D eigenvalue weighted by molar-refractivity contribution is 5.76. The van der Waals surface area contributed by atoms with E-state index in [-0.39, 0.29) is 18.9 Å². The topological polar surface area (TPSA) is 228 Å². The summed E-state index contributed by atoms with van der Waals surface area (Å²) >= 11 is 0. The molecule has 0 radical (unpaired) electrons. The number of hydrogen-bond acceptors (Lipinski definition) is 13. The SMILES string of the molecule is CC/C=C\C/C=C\C/C=C\C/C=C\C/C=C\C/C=C\CCCCCCCCCCCCCCCCCCCCCCCCC(=O)NC(COC1OC(CO)C(OC2OC(CO)C(O)C(O)C2O)C(O)C1O)C(O)/C=C/CC/C=C/CC/C=C/CCCCC. The number of unbranched alkanes of at least 4 members (excludes halogenated alkanes) is 27. The van der Waals surface area contributed by atoms with Crippen molar-refractivity contribution in [1.82, 2.24) is 5.32 Å². The molecule has 1 amide bonds. The summed E-state index contributed by atoms with van der Waals surface area (Å²) in [4.78, 5) is 13.3. The van der Waals surface area contributed by atoms with Crippen LogP contribution in [0.5, 0.6) is 0 Å². The van der Waals surface area contributed by atoms with E-state index in [1.807, 2.05) is 6.08 Å². The van der Waals surface area contributed by atoms with E-state index < -0.39 is 86.8 Å². The van der Waals surface area contributed by atoms with Gasteiger partial charge in [0.05, 0.1) is 32.0 Å². The minimum absolute atomic E-state index is 0.254. The summed E-state index contributed by atoms with van der Waals surface area (Å²) in [6.45, 7) is 2.62. The van der Waals surface area contributed by atoms with Gasteiger partial charge in [0, 0.05) is 6.42 Å². The average Bonchev–Trinajstić information content (AvgIpc) is 2.45. The highest BCUT2D eigenvalue weighted by Crippen LogP contribution is 2.30. The first-order valence-corrected chi connectivity index (χ1v) is 35.1. The van der Waals surface area contributed by atoms with Gasteiger partial charge in [-0.05, 0) is 96.3 Å². The van der Waals surface area contributed by atoms with Gasteiger partial charge in [-0.3, -0.25) is 4.79 Å². The zero-order valence-electron chi connectivity index (χ0n) is 54.9. The number of ether oxygens (including phenoxy) is 4. The zero-order valence-corrected chi connectivity index (χ0v) is 54.9. The summed E-state index contributed by atoms with van der Waals surface area (Å²) in [5.41, 5.74) is 0. The van der Waals surface area contributed by atoms with Crippen LogP contribution in [0.3, 0.4) is 0 Å². The van der Waals surface area contributed by atoms with Gasteiger partial charge in [-0.25, -0.2) is 0 Å². The summed E-state index contributed by atoms with van der Waals surface area (Å²) in [6, 6.07) is -0.941. The Kier molecular flexibility index (Phi) is 52.8. The first-order valence-electron chi connectivity index (χ1n) is 35.1. The number of allylic oxidation sites excluding steroid dienone is 17. The van der Waals surface area contributed by atoms with Crippen molar-refractivity contribution in [3.05, 3.63) is 109 Å². The second kappa shape index (κ2) is 57.5. The Morgan fingerprint density at radius 3 is 1.25 bits per heavy atom. The van der Waals surface area contributed by atoms with E-state index in [0.29, 0.717) is 12.8 Å². The Hall–Kier alpha value is -3.35. The smallest absolute Gasteiger partial charge is 0.220 e. The lowest BCUT2D eigenvalue weighted by Crippen LogP contribution is -2.65. The van der Waals surface area contributed by atoms with Crippen LogP contribution in [0.25, 0.3) is 0 Å². The molecule has 2 fully saturated rings. The quantitative estimate of drug-likeness (QED) is 0.0204. The number of nitrogens with one attached hydrogen (secondary N) is 1. The molecule has 12 unspecified atom stereocenters. The highest BCUT2D eigenvalue weighted by atomic mass is 16.7. The molecule has 0 aromatic heterocycles. The molecule has 2 saturated heterocycles. The van der Waals surface area contributed by atoms with Crippen LogP contribution in [0.1, 0.15) is 258 Å².